The zero-order valence-corrected chi connectivity index (χ0v) is 9.37. The maximum absolute atomic E-state index is 11.8. The highest BCUT2D eigenvalue weighted by molar-refractivity contribution is 5.74. The number of carbonyl (C=O) groups is 1. The first-order valence-electron chi connectivity index (χ1n) is 5.61. The van der Waals surface area contributed by atoms with Crippen molar-refractivity contribution in [2.75, 3.05) is 32.8 Å². The summed E-state index contributed by atoms with van der Waals surface area (Å²) in [6, 6.07) is 0.160. The molecule has 1 fully saturated rings. The lowest BCUT2D eigenvalue weighted by molar-refractivity contribution is 0.178. The lowest BCUT2D eigenvalue weighted by Crippen LogP contribution is -2.47. The van der Waals surface area contributed by atoms with Gasteiger partial charge in [-0.3, -0.25) is 0 Å². The van der Waals surface area contributed by atoms with Crippen molar-refractivity contribution in [1.82, 2.24) is 10.2 Å². The monoisotopic (exact) mass is 215 g/mol. The molecule has 1 unspecified atom stereocenters. The molecule has 0 aromatic carbocycles. The van der Waals surface area contributed by atoms with E-state index in [0.717, 1.165) is 26.0 Å². The molecular weight excluding hydrogens is 194 g/mol. The Morgan fingerprint density at radius 3 is 2.93 bits per heavy atom. The van der Waals surface area contributed by atoms with Crippen molar-refractivity contribution in [1.29, 1.82) is 0 Å². The molecule has 0 radical (unpaired) electrons. The average molecular weight is 215 g/mol. The van der Waals surface area contributed by atoms with Crippen LogP contribution in [0.3, 0.4) is 0 Å². The van der Waals surface area contributed by atoms with Gasteiger partial charge >= 0.3 is 6.03 Å². The molecule has 1 atom stereocenters. The van der Waals surface area contributed by atoms with Crippen LogP contribution in [0.4, 0.5) is 4.79 Å². The summed E-state index contributed by atoms with van der Waals surface area (Å²) in [6.07, 6.45) is 1.86. The van der Waals surface area contributed by atoms with Crippen LogP contribution in [0.2, 0.25) is 0 Å². The molecule has 1 saturated heterocycles. The summed E-state index contributed by atoms with van der Waals surface area (Å²) < 4.78 is 5.20. The zero-order chi connectivity index (χ0) is 11.1. The molecule has 1 aliphatic rings. The Bertz CT molecular complexity index is 187. The number of carbonyl (C=O) groups excluding carboxylic acids is 1. The van der Waals surface area contributed by atoms with Gasteiger partial charge in [0.1, 0.15) is 0 Å². The molecule has 0 bridgehead atoms. The smallest absolute Gasteiger partial charge is 0.317 e. The first-order valence-corrected chi connectivity index (χ1v) is 5.61. The second-order valence-electron chi connectivity index (χ2n) is 3.79. The minimum atomic E-state index is -0.0159. The number of rotatable bonds is 5. The van der Waals surface area contributed by atoms with Crippen LogP contribution in [0.5, 0.6) is 0 Å². The number of hydrogen-bond donors (Lipinski definition) is 2. The molecule has 3 N–H and O–H groups in total. The Morgan fingerprint density at radius 2 is 2.40 bits per heavy atom. The van der Waals surface area contributed by atoms with E-state index in [4.69, 9.17) is 10.5 Å². The minimum absolute atomic E-state index is 0.0159. The molecular formula is C10H21N3O2. The molecule has 0 spiro atoms. The van der Waals surface area contributed by atoms with Crippen LogP contribution >= 0.6 is 0 Å². The highest BCUT2D eigenvalue weighted by atomic mass is 16.5. The third kappa shape index (κ3) is 4.05. The lowest BCUT2D eigenvalue weighted by Gasteiger charge is -2.23. The molecule has 15 heavy (non-hydrogen) atoms. The number of nitrogens with zero attached hydrogens (tertiary/aromatic N) is 1. The Morgan fingerprint density at radius 1 is 1.60 bits per heavy atom. The fourth-order valence-corrected chi connectivity index (χ4v) is 1.65. The topological polar surface area (TPSA) is 67.6 Å². The van der Waals surface area contributed by atoms with Crippen molar-refractivity contribution in [3.8, 4) is 0 Å². The maximum atomic E-state index is 11.8. The molecule has 1 rings (SSSR count). The van der Waals surface area contributed by atoms with Gasteiger partial charge in [-0.05, 0) is 12.8 Å². The third-order valence-electron chi connectivity index (χ3n) is 2.44. The Balaban J connectivity index is 2.33. The van der Waals surface area contributed by atoms with Gasteiger partial charge in [0.25, 0.3) is 0 Å². The number of nitrogens with one attached hydrogen (secondary N) is 1. The molecule has 0 aromatic heterocycles. The number of amides is 2. The van der Waals surface area contributed by atoms with Crippen molar-refractivity contribution in [3.05, 3.63) is 0 Å². The molecule has 0 aromatic rings. The van der Waals surface area contributed by atoms with Gasteiger partial charge in [0.2, 0.25) is 0 Å². The average Bonchev–Trinajstić information content (AvgIpc) is 2.70. The first-order chi connectivity index (χ1) is 7.27. The molecule has 1 aliphatic heterocycles. The van der Waals surface area contributed by atoms with Gasteiger partial charge in [0.05, 0.1) is 12.6 Å². The zero-order valence-electron chi connectivity index (χ0n) is 9.37. The van der Waals surface area contributed by atoms with Gasteiger partial charge < -0.3 is 20.7 Å². The van der Waals surface area contributed by atoms with E-state index in [1.165, 1.54) is 0 Å². The number of urea groups is 1. The molecule has 5 heteroatoms. The summed E-state index contributed by atoms with van der Waals surface area (Å²) in [4.78, 5) is 13.5. The molecule has 0 aliphatic carbocycles. The third-order valence-corrected chi connectivity index (χ3v) is 2.44. The summed E-state index contributed by atoms with van der Waals surface area (Å²) in [6.45, 7) is 5.32. The molecule has 0 saturated carbocycles. The van der Waals surface area contributed by atoms with Crippen LogP contribution in [0.15, 0.2) is 0 Å². The summed E-state index contributed by atoms with van der Waals surface area (Å²) in [5.74, 6) is 0. The van der Waals surface area contributed by atoms with E-state index in [2.05, 4.69) is 12.2 Å². The standard InChI is InChI=1S/C10H21N3O2/c1-2-5-13(6-4-11)10(14)12-9-3-7-15-8-9/h9H,2-8,11H2,1H3,(H,12,14). The second-order valence-corrected chi connectivity index (χ2v) is 3.79. The van der Waals surface area contributed by atoms with Gasteiger partial charge in [-0.15, -0.1) is 0 Å². The highest BCUT2D eigenvalue weighted by Crippen LogP contribution is 2.04. The van der Waals surface area contributed by atoms with Gasteiger partial charge in [0.15, 0.2) is 0 Å². The first kappa shape index (κ1) is 12.3. The Kier molecular flexibility index (Phi) is 5.42. The summed E-state index contributed by atoms with van der Waals surface area (Å²) >= 11 is 0. The summed E-state index contributed by atoms with van der Waals surface area (Å²) in [7, 11) is 0. The SMILES string of the molecule is CCCN(CCN)C(=O)NC1CCOC1. The predicted molar refractivity (Wildman–Crippen MR) is 58.7 cm³/mol. The highest BCUT2D eigenvalue weighted by Gasteiger charge is 2.20. The predicted octanol–water partition coefficient (Wildman–Crippen LogP) is 0.156. The molecule has 2 amide bonds. The van der Waals surface area contributed by atoms with Crippen LogP contribution in [0.1, 0.15) is 19.8 Å². The van der Waals surface area contributed by atoms with E-state index in [1.54, 1.807) is 4.90 Å². The van der Waals surface area contributed by atoms with Crippen LogP contribution in [0, 0.1) is 0 Å². The van der Waals surface area contributed by atoms with Gasteiger partial charge in [-0.1, -0.05) is 6.92 Å². The van der Waals surface area contributed by atoms with Crippen molar-refractivity contribution in [2.24, 2.45) is 5.73 Å². The van der Waals surface area contributed by atoms with Crippen molar-refractivity contribution in [3.63, 3.8) is 0 Å². The van der Waals surface area contributed by atoms with E-state index in [9.17, 15) is 4.79 Å². The van der Waals surface area contributed by atoms with Gasteiger partial charge in [-0.2, -0.15) is 0 Å². The quantitative estimate of drug-likeness (QED) is 0.686. The van der Waals surface area contributed by atoms with Crippen molar-refractivity contribution < 1.29 is 9.53 Å². The van der Waals surface area contributed by atoms with Crippen molar-refractivity contribution >= 4 is 6.03 Å². The lowest BCUT2D eigenvalue weighted by atomic mass is 10.3. The van der Waals surface area contributed by atoms with E-state index < -0.39 is 0 Å². The number of nitrogens with two attached hydrogens (primary N) is 1. The second kappa shape index (κ2) is 6.63. The van der Waals surface area contributed by atoms with Gasteiger partial charge in [0, 0.05) is 26.2 Å². The van der Waals surface area contributed by atoms with Crippen LogP contribution in [0.25, 0.3) is 0 Å². The molecule has 1 heterocycles. The fraction of sp³-hybridized carbons (Fsp3) is 0.900. The fourth-order valence-electron chi connectivity index (χ4n) is 1.65. The van der Waals surface area contributed by atoms with Crippen molar-refractivity contribution in [2.45, 2.75) is 25.8 Å². The number of ether oxygens (including phenoxy) is 1. The Labute approximate surface area is 90.9 Å². The Hall–Kier alpha value is -0.810. The normalized spacial score (nSPS) is 20.3. The largest absolute Gasteiger partial charge is 0.379 e. The van der Waals surface area contributed by atoms with Crippen LogP contribution in [-0.2, 0) is 4.74 Å². The molecule has 88 valence electrons. The van der Waals surface area contributed by atoms with E-state index in [0.29, 0.717) is 19.7 Å². The molecule has 5 nitrogen and oxygen atoms in total. The van der Waals surface area contributed by atoms with Gasteiger partial charge in [-0.25, -0.2) is 4.79 Å². The minimum Gasteiger partial charge on any atom is -0.379 e. The van der Waals surface area contributed by atoms with Crippen LogP contribution in [-0.4, -0.2) is 49.8 Å². The number of hydrogen-bond acceptors (Lipinski definition) is 3. The van der Waals surface area contributed by atoms with E-state index in [1.807, 2.05) is 0 Å². The maximum Gasteiger partial charge on any atom is 0.317 e. The van der Waals surface area contributed by atoms with E-state index in [-0.39, 0.29) is 12.1 Å². The summed E-state index contributed by atoms with van der Waals surface area (Å²) in [5.41, 5.74) is 5.46. The van der Waals surface area contributed by atoms with E-state index >= 15 is 0 Å². The van der Waals surface area contributed by atoms with Crippen LogP contribution < -0.4 is 11.1 Å². The summed E-state index contributed by atoms with van der Waals surface area (Å²) in [5, 5.41) is 2.96.